The summed E-state index contributed by atoms with van der Waals surface area (Å²) in [4.78, 5) is 15.7. The number of carbonyl (C=O) groups is 1. The second-order valence-corrected chi connectivity index (χ2v) is 7.43. The minimum absolute atomic E-state index is 0.123. The van der Waals surface area contributed by atoms with Crippen molar-refractivity contribution in [1.82, 2.24) is 9.55 Å². The summed E-state index contributed by atoms with van der Waals surface area (Å²) in [5.41, 5.74) is 2.31. The van der Waals surface area contributed by atoms with Crippen LogP contribution in [0.15, 0.2) is 28.7 Å². The van der Waals surface area contributed by atoms with Crippen molar-refractivity contribution in [3.63, 3.8) is 0 Å². The molecule has 0 radical (unpaired) electrons. The molecule has 0 aliphatic heterocycles. The van der Waals surface area contributed by atoms with Gasteiger partial charge in [-0.3, -0.25) is 0 Å². The molecule has 0 fully saturated rings. The molecule has 0 amide bonds. The van der Waals surface area contributed by atoms with Crippen LogP contribution >= 0.6 is 27.5 Å². The molecule has 27 heavy (non-hydrogen) atoms. The van der Waals surface area contributed by atoms with E-state index in [1.807, 2.05) is 19.1 Å². The van der Waals surface area contributed by atoms with Gasteiger partial charge in [-0.15, -0.1) is 0 Å². The molecule has 3 rings (SSSR count). The van der Waals surface area contributed by atoms with Crippen molar-refractivity contribution in [3.05, 3.63) is 62.1 Å². The van der Waals surface area contributed by atoms with E-state index in [0.29, 0.717) is 35.9 Å². The first-order valence-corrected chi connectivity index (χ1v) is 9.34. The normalized spacial score (nSPS) is 11.3. The number of nitrogens with zero attached hydrogens (tertiary/aromatic N) is 2. The standard InChI is InChI=1S/C19H17BrClFN2O3/c1-10-5-11(14(21)9-13(10)20)8-17-23-18-15(22)6-12(19(25)26)7-16(18)24(17)3-4-27-2/h5-7,9H,3-4,8H2,1-2H3,(H,25,26). The van der Waals surface area contributed by atoms with E-state index in [-0.39, 0.29) is 11.1 Å². The van der Waals surface area contributed by atoms with Crippen LogP contribution < -0.4 is 0 Å². The number of imidazole rings is 1. The third-order valence-electron chi connectivity index (χ3n) is 4.33. The van der Waals surface area contributed by atoms with E-state index in [1.54, 1.807) is 11.7 Å². The number of methoxy groups -OCH3 is 1. The fourth-order valence-corrected chi connectivity index (χ4v) is 3.65. The van der Waals surface area contributed by atoms with Crippen LogP contribution in [0, 0.1) is 12.7 Å². The molecule has 0 saturated heterocycles. The lowest BCUT2D eigenvalue weighted by Gasteiger charge is -2.11. The number of benzene rings is 2. The van der Waals surface area contributed by atoms with Crippen LogP contribution in [-0.4, -0.2) is 34.3 Å². The van der Waals surface area contributed by atoms with Gasteiger partial charge in [0.05, 0.1) is 17.7 Å². The Morgan fingerprint density at radius 1 is 1.37 bits per heavy atom. The highest BCUT2D eigenvalue weighted by Gasteiger charge is 2.18. The van der Waals surface area contributed by atoms with Crippen molar-refractivity contribution in [1.29, 1.82) is 0 Å². The first-order chi connectivity index (χ1) is 12.8. The van der Waals surface area contributed by atoms with Gasteiger partial charge in [-0.25, -0.2) is 14.2 Å². The van der Waals surface area contributed by atoms with E-state index in [4.69, 9.17) is 16.3 Å². The molecule has 0 aliphatic carbocycles. The largest absolute Gasteiger partial charge is 0.478 e. The van der Waals surface area contributed by atoms with E-state index < -0.39 is 11.8 Å². The van der Waals surface area contributed by atoms with Gasteiger partial charge in [0.25, 0.3) is 0 Å². The van der Waals surface area contributed by atoms with Crippen molar-refractivity contribution in [3.8, 4) is 0 Å². The molecule has 1 heterocycles. The number of aromatic nitrogens is 2. The van der Waals surface area contributed by atoms with Crippen molar-refractivity contribution in [2.45, 2.75) is 19.9 Å². The van der Waals surface area contributed by atoms with Crippen LogP contribution in [0.2, 0.25) is 5.02 Å². The van der Waals surface area contributed by atoms with Gasteiger partial charge in [0, 0.05) is 29.6 Å². The van der Waals surface area contributed by atoms with Gasteiger partial charge < -0.3 is 14.4 Å². The minimum Gasteiger partial charge on any atom is -0.478 e. The van der Waals surface area contributed by atoms with Crippen LogP contribution in [0.1, 0.15) is 27.3 Å². The number of carboxylic acid groups (broad SMARTS) is 1. The average molecular weight is 456 g/mol. The predicted octanol–water partition coefficient (Wildman–Crippen LogP) is 4.84. The number of carboxylic acids is 1. The molecule has 1 N–H and O–H groups in total. The number of ether oxygens (including phenoxy) is 1. The lowest BCUT2D eigenvalue weighted by molar-refractivity contribution is 0.0696. The van der Waals surface area contributed by atoms with Gasteiger partial charge in [0.15, 0.2) is 5.82 Å². The fraction of sp³-hybridized carbons (Fsp3) is 0.263. The quantitative estimate of drug-likeness (QED) is 0.578. The Labute approximate surface area is 168 Å². The summed E-state index contributed by atoms with van der Waals surface area (Å²) >= 11 is 9.81. The van der Waals surface area contributed by atoms with Crippen LogP contribution in [0.5, 0.6) is 0 Å². The second kappa shape index (κ2) is 7.96. The number of aromatic carboxylic acids is 1. The Balaban J connectivity index is 2.15. The number of hydrogen-bond donors (Lipinski definition) is 1. The lowest BCUT2D eigenvalue weighted by atomic mass is 10.1. The van der Waals surface area contributed by atoms with Gasteiger partial charge in [-0.1, -0.05) is 33.6 Å². The lowest BCUT2D eigenvalue weighted by Crippen LogP contribution is -2.09. The summed E-state index contributed by atoms with van der Waals surface area (Å²) in [6.07, 6.45) is 0.382. The van der Waals surface area contributed by atoms with Crippen molar-refractivity contribution < 1.29 is 19.0 Å². The molecule has 1 aromatic heterocycles. The van der Waals surface area contributed by atoms with Gasteiger partial charge in [0.2, 0.25) is 0 Å². The molecule has 142 valence electrons. The minimum atomic E-state index is -1.19. The molecule has 0 bridgehead atoms. The number of hydrogen-bond acceptors (Lipinski definition) is 3. The first kappa shape index (κ1) is 19.8. The van der Waals surface area contributed by atoms with Crippen molar-refractivity contribution >= 4 is 44.5 Å². The Bertz CT molecular complexity index is 1040. The van der Waals surface area contributed by atoms with E-state index in [9.17, 15) is 14.3 Å². The number of aryl methyl sites for hydroxylation is 1. The highest BCUT2D eigenvalue weighted by Crippen LogP contribution is 2.29. The number of fused-ring (bicyclic) bond motifs is 1. The van der Waals surface area contributed by atoms with E-state index in [2.05, 4.69) is 20.9 Å². The molecule has 0 atom stereocenters. The molecule has 0 unspecified atom stereocenters. The fourth-order valence-electron chi connectivity index (χ4n) is 2.94. The molecule has 0 saturated carbocycles. The summed E-state index contributed by atoms with van der Waals surface area (Å²) in [6.45, 7) is 2.75. The van der Waals surface area contributed by atoms with Crippen LogP contribution in [-0.2, 0) is 17.7 Å². The van der Waals surface area contributed by atoms with E-state index in [0.717, 1.165) is 21.7 Å². The molecular weight excluding hydrogens is 439 g/mol. The molecular formula is C19H17BrClFN2O3. The van der Waals surface area contributed by atoms with Crippen LogP contribution in [0.25, 0.3) is 11.0 Å². The van der Waals surface area contributed by atoms with Crippen molar-refractivity contribution in [2.24, 2.45) is 0 Å². The Kier molecular flexibility index (Phi) is 5.83. The van der Waals surface area contributed by atoms with E-state index in [1.165, 1.54) is 6.07 Å². The maximum absolute atomic E-state index is 14.5. The maximum Gasteiger partial charge on any atom is 0.335 e. The Hall–Kier alpha value is -1.96. The highest BCUT2D eigenvalue weighted by molar-refractivity contribution is 9.10. The van der Waals surface area contributed by atoms with Crippen LogP contribution in [0.4, 0.5) is 4.39 Å². The SMILES string of the molecule is COCCn1c(Cc2cc(C)c(Br)cc2Cl)nc2c(F)cc(C(=O)O)cc21. The molecule has 5 nitrogen and oxygen atoms in total. The smallest absolute Gasteiger partial charge is 0.335 e. The molecule has 0 aliphatic rings. The summed E-state index contributed by atoms with van der Waals surface area (Å²) in [5, 5.41) is 9.80. The van der Waals surface area contributed by atoms with Gasteiger partial charge in [-0.05, 0) is 36.2 Å². The Morgan fingerprint density at radius 3 is 2.78 bits per heavy atom. The summed E-state index contributed by atoms with van der Waals surface area (Å²) < 4.78 is 22.3. The van der Waals surface area contributed by atoms with E-state index >= 15 is 0 Å². The van der Waals surface area contributed by atoms with Gasteiger partial charge >= 0.3 is 5.97 Å². The average Bonchev–Trinajstić information content (AvgIpc) is 2.95. The Morgan fingerprint density at radius 2 is 2.11 bits per heavy atom. The maximum atomic E-state index is 14.5. The third kappa shape index (κ3) is 4.00. The predicted molar refractivity (Wildman–Crippen MR) is 105 cm³/mol. The topological polar surface area (TPSA) is 64.4 Å². The zero-order valence-corrected chi connectivity index (χ0v) is 17.1. The number of rotatable bonds is 6. The zero-order chi connectivity index (χ0) is 19.7. The highest BCUT2D eigenvalue weighted by atomic mass is 79.9. The molecule has 8 heteroatoms. The van der Waals surface area contributed by atoms with Crippen LogP contribution in [0.3, 0.4) is 0 Å². The van der Waals surface area contributed by atoms with Gasteiger partial charge in [0.1, 0.15) is 11.3 Å². The monoisotopic (exact) mass is 454 g/mol. The zero-order valence-electron chi connectivity index (χ0n) is 14.7. The van der Waals surface area contributed by atoms with Gasteiger partial charge in [-0.2, -0.15) is 0 Å². The summed E-state index contributed by atoms with van der Waals surface area (Å²) in [5.74, 6) is -1.27. The molecule has 2 aromatic carbocycles. The van der Waals surface area contributed by atoms with Crippen molar-refractivity contribution in [2.75, 3.05) is 13.7 Å². The number of halogens is 3. The molecule has 0 spiro atoms. The second-order valence-electron chi connectivity index (χ2n) is 6.17. The summed E-state index contributed by atoms with van der Waals surface area (Å²) in [7, 11) is 1.57. The third-order valence-corrected chi connectivity index (χ3v) is 5.53. The summed E-state index contributed by atoms with van der Waals surface area (Å²) in [6, 6.07) is 6.18. The first-order valence-electron chi connectivity index (χ1n) is 8.17. The molecule has 3 aromatic rings.